The van der Waals surface area contributed by atoms with Crippen LogP contribution in [-0.4, -0.2) is 15.5 Å². The third-order valence-electron chi connectivity index (χ3n) is 2.38. The largest absolute Gasteiger partial charge is 0.347 e. The minimum absolute atomic E-state index is 0.120. The minimum Gasteiger partial charge on any atom is -0.326 e. The second kappa shape index (κ2) is 5.27. The summed E-state index contributed by atoms with van der Waals surface area (Å²) in [6.45, 7) is 1.89. The summed E-state index contributed by atoms with van der Waals surface area (Å²) >= 11 is 0. The fraction of sp³-hybridized carbons (Fsp3) is 0.154. The molecule has 18 heavy (non-hydrogen) atoms. The Hall–Kier alpha value is -2.43. The fourth-order valence-corrected chi connectivity index (χ4v) is 1.65. The molecule has 1 aromatic carbocycles. The first kappa shape index (κ1) is 12.0. The highest BCUT2D eigenvalue weighted by Crippen LogP contribution is 2.11. The standard InChI is InChI=1S/C13H13N3O2/c1-10(17)15-12-5-2-4-11(8-12)9-16-7-3-6-14-13(16)18/h2-8H,9H2,1H3,(H,15,17). The summed E-state index contributed by atoms with van der Waals surface area (Å²) in [4.78, 5) is 26.1. The van der Waals surface area contributed by atoms with Crippen molar-refractivity contribution in [2.45, 2.75) is 13.5 Å². The molecule has 0 radical (unpaired) electrons. The molecule has 1 aromatic heterocycles. The maximum Gasteiger partial charge on any atom is 0.347 e. The summed E-state index contributed by atoms with van der Waals surface area (Å²) in [6.07, 6.45) is 3.15. The van der Waals surface area contributed by atoms with Crippen molar-refractivity contribution in [2.24, 2.45) is 0 Å². The zero-order chi connectivity index (χ0) is 13.0. The van der Waals surface area contributed by atoms with Gasteiger partial charge in [-0.05, 0) is 23.8 Å². The molecule has 1 heterocycles. The van der Waals surface area contributed by atoms with Gasteiger partial charge in [0.2, 0.25) is 5.91 Å². The van der Waals surface area contributed by atoms with Crippen molar-refractivity contribution >= 4 is 11.6 Å². The molecular weight excluding hydrogens is 230 g/mol. The minimum atomic E-state index is -0.289. The van der Waals surface area contributed by atoms with Gasteiger partial charge in [-0.1, -0.05) is 12.1 Å². The number of hydrogen-bond donors (Lipinski definition) is 1. The van der Waals surface area contributed by atoms with Gasteiger partial charge in [0.15, 0.2) is 0 Å². The summed E-state index contributed by atoms with van der Waals surface area (Å²) in [5.41, 5.74) is 1.36. The molecule has 2 rings (SSSR count). The van der Waals surface area contributed by atoms with Crippen molar-refractivity contribution in [2.75, 3.05) is 5.32 Å². The number of nitrogens with one attached hydrogen (secondary N) is 1. The lowest BCUT2D eigenvalue weighted by molar-refractivity contribution is -0.114. The molecule has 0 saturated carbocycles. The number of hydrogen-bond acceptors (Lipinski definition) is 3. The Kier molecular flexibility index (Phi) is 3.52. The van der Waals surface area contributed by atoms with Crippen molar-refractivity contribution < 1.29 is 4.79 Å². The Bertz CT molecular complexity index is 619. The SMILES string of the molecule is CC(=O)Nc1cccc(Cn2cccnc2=O)c1. The first-order valence-corrected chi connectivity index (χ1v) is 5.53. The van der Waals surface area contributed by atoms with Crippen LogP contribution >= 0.6 is 0 Å². The molecule has 92 valence electrons. The monoisotopic (exact) mass is 243 g/mol. The van der Waals surface area contributed by atoms with E-state index in [4.69, 9.17) is 0 Å². The van der Waals surface area contributed by atoms with E-state index in [1.54, 1.807) is 18.3 Å². The van der Waals surface area contributed by atoms with Crippen LogP contribution in [0, 0.1) is 0 Å². The Balaban J connectivity index is 2.22. The van der Waals surface area contributed by atoms with Crippen LogP contribution in [0.3, 0.4) is 0 Å². The molecule has 0 spiro atoms. The summed E-state index contributed by atoms with van der Waals surface area (Å²) in [5.74, 6) is -0.120. The molecule has 0 aliphatic carbocycles. The van der Waals surface area contributed by atoms with Crippen LogP contribution in [-0.2, 0) is 11.3 Å². The molecule has 1 N–H and O–H groups in total. The van der Waals surface area contributed by atoms with E-state index in [-0.39, 0.29) is 11.6 Å². The maximum atomic E-state index is 11.5. The number of benzene rings is 1. The Morgan fingerprint density at radius 3 is 2.94 bits per heavy atom. The van der Waals surface area contributed by atoms with Crippen LogP contribution in [0.4, 0.5) is 5.69 Å². The van der Waals surface area contributed by atoms with Gasteiger partial charge in [0.1, 0.15) is 0 Å². The zero-order valence-corrected chi connectivity index (χ0v) is 9.96. The molecular formula is C13H13N3O2. The van der Waals surface area contributed by atoms with Crippen LogP contribution in [0.1, 0.15) is 12.5 Å². The number of amides is 1. The predicted octanol–water partition coefficient (Wildman–Crippen LogP) is 1.25. The quantitative estimate of drug-likeness (QED) is 0.882. The predicted molar refractivity (Wildman–Crippen MR) is 68.3 cm³/mol. The van der Waals surface area contributed by atoms with Crippen molar-refractivity contribution in [1.29, 1.82) is 0 Å². The first-order valence-electron chi connectivity index (χ1n) is 5.53. The Morgan fingerprint density at radius 1 is 1.39 bits per heavy atom. The smallest absolute Gasteiger partial charge is 0.326 e. The molecule has 1 amide bonds. The van der Waals surface area contributed by atoms with E-state index in [0.717, 1.165) is 11.3 Å². The maximum absolute atomic E-state index is 11.5. The van der Waals surface area contributed by atoms with E-state index < -0.39 is 0 Å². The molecule has 0 aliphatic rings. The van der Waals surface area contributed by atoms with Gasteiger partial charge in [0.25, 0.3) is 0 Å². The van der Waals surface area contributed by atoms with Crippen molar-refractivity contribution in [1.82, 2.24) is 9.55 Å². The lowest BCUT2D eigenvalue weighted by Gasteiger charge is -2.07. The Morgan fingerprint density at radius 2 is 2.22 bits per heavy atom. The summed E-state index contributed by atoms with van der Waals surface area (Å²) < 4.78 is 1.51. The third kappa shape index (κ3) is 3.04. The molecule has 5 heteroatoms. The second-order valence-corrected chi connectivity index (χ2v) is 3.91. The molecule has 2 aromatic rings. The van der Waals surface area contributed by atoms with E-state index in [0.29, 0.717) is 6.54 Å². The van der Waals surface area contributed by atoms with E-state index in [1.807, 2.05) is 18.2 Å². The van der Waals surface area contributed by atoms with Gasteiger partial charge in [-0.25, -0.2) is 9.78 Å². The van der Waals surface area contributed by atoms with Crippen LogP contribution in [0.2, 0.25) is 0 Å². The second-order valence-electron chi connectivity index (χ2n) is 3.91. The van der Waals surface area contributed by atoms with E-state index >= 15 is 0 Å². The van der Waals surface area contributed by atoms with Crippen LogP contribution in [0.5, 0.6) is 0 Å². The van der Waals surface area contributed by atoms with Crippen molar-refractivity contribution in [3.05, 3.63) is 58.8 Å². The molecule has 0 unspecified atom stereocenters. The highest BCUT2D eigenvalue weighted by molar-refractivity contribution is 5.88. The number of anilines is 1. The molecule has 0 fully saturated rings. The van der Waals surface area contributed by atoms with E-state index in [2.05, 4.69) is 10.3 Å². The summed E-state index contributed by atoms with van der Waals surface area (Å²) in [7, 11) is 0. The fourth-order valence-electron chi connectivity index (χ4n) is 1.65. The zero-order valence-electron chi connectivity index (χ0n) is 9.96. The van der Waals surface area contributed by atoms with E-state index in [9.17, 15) is 9.59 Å². The normalized spacial score (nSPS) is 10.1. The summed E-state index contributed by atoms with van der Waals surface area (Å²) in [5, 5.41) is 2.70. The third-order valence-corrected chi connectivity index (χ3v) is 2.38. The molecule has 0 aliphatic heterocycles. The number of rotatable bonds is 3. The van der Waals surface area contributed by atoms with Crippen molar-refractivity contribution in [3.8, 4) is 0 Å². The van der Waals surface area contributed by atoms with Crippen LogP contribution < -0.4 is 11.0 Å². The van der Waals surface area contributed by atoms with Crippen LogP contribution in [0.15, 0.2) is 47.5 Å². The lowest BCUT2D eigenvalue weighted by atomic mass is 10.2. The average Bonchev–Trinajstić information content (AvgIpc) is 2.32. The number of carbonyl (C=O) groups excluding carboxylic acids is 1. The lowest BCUT2D eigenvalue weighted by Crippen LogP contribution is -2.21. The number of nitrogens with zero attached hydrogens (tertiary/aromatic N) is 2. The highest BCUT2D eigenvalue weighted by Gasteiger charge is 2.00. The number of carbonyl (C=O) groups is 1. The molecule has 0 saturated heterocycles. The van der Waals surface area contributed by atoms with Crippen molar-refractivity contribution in [3.63, 3.8) is 0 Å². The number of aromatic nitrogens is 2. The van der Waals surface area contributed by atoms with Crippen LogP contribution in [0.25, 0.3) is 0 Å². The topological polar surface area (TPSA) is 64.0 Å². The summed E-state index contributed by atoms with van der Waals surface area (Å²) in [6, 6.07) is 9.07. The first-order chi connectivity index (χ1) is 8.65. The molecule has 0 atom stereocenters. The Labute approximate surface area is 104 Å². The van der Waals surface area contributed by atoms with Gasteiger partial charge in [-0.15, -0.1) is 0 Å². The molecule has 0 bridgehead atoms. The van der Waals surface area contributed by atoms with Gasteiger partial charge in [-0.2, -0.15) is 0 Å². The van der Waals surface area contributed by atoms with Gasteiger partial charge < -0.3 is 5.32 Å². The van der Waals surface area contributed by atoms with Gasteiger partial charge >= 0.3 is 5.69 Å². The highest BCUT2D eigenvalue weighted by atomic mass is 16.1. The average molecular weight is 243 g/mol. The van der Waals surface area contributed by atoms with Gasteiger partial charge in [-0.3, -0.25) is 9.36 Å². The van der Waals surface area contributed by atoms with Gasteiger partial charge in [0, 0.05) is 25.0 Å². The van der Waals surface area contributed by atoms with Gasteiger partial charge in [0.05, 0.1) is 6.54 Å². The van der Waals surface area contributed by atoms with E-state index in [1.165, 1.54) is 17.7 Å². The molecule has 5 nitrogen and oxygen atoms in total.